The average molecular weight is 672 g/mol. The van der Waals surface area contributed by atoms with Crippen LogP contribution in [0.15, 0.2) is 58.9 Å². The molecule has 218 valence electrons. The van der Waals surface area contributed by atoms with Gasteiger partial charge in [-0.2, -0.15) is 0 Å². The molecule has 0 atom stereocenters. The Bertz CT molecular complexity index is 1420. The number of hydrogen-bond acceptors (Lipinski definition) is 5. The van der Waals surface area contributed by atoms with E-state index in [1.165, 1.54) is 12.1 Å². The molecule has 0 radical (unpaired) electrons. The van der Waals surface area contributed by atoms with Gasteiger partial charge in [-0.05, 0) is 95.5 Å². The second-order valence-corrected chi connectivity index (χ2v) is 14.1. The molecule has 2 aromatic carbocycles. The summed E-state index contributed by atoms with van der Waals surface area (Å²) in [6.45, 7) is 13.9. The summed E-state index contributed by atoms with van der Waals surface area (Å²) in [5.74, 6) is 0.599. The molecule has 41 heavy (non-hydrogen) atoms. The van der Waals surface area contributed by atoms with E-state index < -0.39 is 5.92 Å². The van der Waals surface area contributed by atoms with Crippen molar-refractivity contribution in [2.45, 2.75) is 79.8 Å². The monoisotopic (exact) mass is 671 g/mol. The van der Waals surface area contributed by atoms with Crippen LogP contribution in [0.4, 0.5) is 4.39 Å². The summed E-state index contributed by atoms with van der Waals surface area (Å²) in [4.78, 5) is 30.1. The minimum atomic E-state index is -0.444. The molecule has 0 amide bonds. The number of halogens is 2. The first kappa shape index (κ1) is 29.8. The van der Waals surface area contributed by atoms with Crippen LogP contribution in [0.5, 0.6) is 11.5 Å². The molecule has 0 saturated heterocycles. The Hall–Kier alpha value is -2.68. The summed E-state index contributed by atoms with van der Waals surface area (Å²) < 4.78 is 26.8. The van der Waals surface area contributed by atoms with Gasteiger partial charge in [0.25, 0.3) is 0 Å². The van der Waals surface area contributed by atoms with Crippen LogP contribution in [0, 0.1) is 20.2 Å². The SMILES string of the molecule is CCOc1cc(C2C3=C(CC(C)(C)CC3=O)N(CC)C3=C2C(=O)CC(C)(C)C3)cc(I)c1OCc1cccc(F)c1. The van der Waals surface area contributed by atoms with Crippen LogP contribution in [0.1, 0.15) is 84.3 Å². The Morgan fingerprint density at radius 1 is 0.902 bits per heavy atom. The van der Waals surface area contributed by atoms with E-state index >= 15 is 0 Å². The Morgan fingerprint density at radius 3 is 2.05 bits per heavy atom. The topological polar surface area (TPSA) is 55.8 Å². The fourth-order valence-corrected chi connectivity index (χ4v) is 7.48. The zero-order chi connectivity index (χ0) is 29.7. The highest BCUT2D eigenvalue weighted by atomic mass is 127. The molecule has 3 aliphatic rings. The molecule has 2 aromatic rings. The van der Waals surface area contributed by atoms with Crippen molar-refractivity contribution in [3.05, 3.63) is 79.5 Å². The Balaban J connectivity index is 1.66. The van der Waals surface area contributed by atoms with Crippen LogP contribution < -0.4 is 9.47 Å². The third-order valence-corrected chi connectivity index (χ3v) is 9.08. The van der Waals surface area contributed by atoms with Gasteiger partial charge in [0.05, 0.1) is 10.2 Å². The fraction of sp³-hybridized carbons (Fsp3) is 0.471. The number of benzene rings is 2. The van der Waals surface area contributed by atoms with Crippen LogP contribution >= 0.6 is 22.6 Å². The van der Waals surface area contributed by atoms with Crippen LogP contribution in [-0.2, 0) is 16.2 Å². The second kappa shape index (κ2) is 11.2. The smallest absolute Gasteiger partial charge is 0.174 e. The lowest BCUT2D eigenvalue weighted by molar-refractivity contribution is -0.119. The summed E-state index contributed by atoms with van der Waals surface area (Å²) in [5, 5.41) is 0. The predicted octanol–water partition coefficient (Wildman–Crippen LogP) is 8.11. The van der Waals surface area contributed by atoms with Gasteiger partial charge in [-0.3, -0.25) is 9.59 Å². The highest BCUT2D eigenvalue weighted by Crippen LogP contribution is 2.55. The van der Waals surface area contributed by atoms with Crippen molar-refractivity contribution in [2.75, 3.05) is 13.2 Å². The fourth-order valence-electron chi connectivity index (χ4n) is 6.70. The molecule has 2 aliphatic carbocycles. The number of nitrogens with zero attached hydrogens (tertiary/aromatic N) is 1. The number of carbonyl (C=O) groups is 2. The van der Waals surface area contributed by atoms with Gasteiger partial charge in [-0.1, -0.05) is 39.8 Å². The van der Waals surface area contributed by atoms with Crippen LogP contribution in [0.2, 0.25) is 0 Å². The van der Waals surface area contributed by atoms with E-state index in [1.807, 2.05) is 25.1 Å². The lowest BCUT2D eigenvalue weighted by atomic mass is 9.63. The molecule has 0 aromatic heterocycles. The van der Waals surface area contributed by atoms with Crippen molar-refractivity contribution in [3.63, 3.8) is 0 Å². The van der Waals surface area contributed by atoms with Crippen molar-refractivity contribution in [2.24, 2.45) is 10.8 Å². The lowest BCUT2D eigenvalue weighted by Crippen LogP contribution is -2.44. The van der Waals surface area contributed by atoms with E-state index in [4.69, 9.17) is 9.47 Å². The predicted molar refractivity (Wildman–Crippen MR) is 166 cm³/mol. The number of ketones is 2. The number of hydrogen-bond donors (Lipinski definition) is 0. The number of Topliss-reactive ketones (excluding diaryl/α,β-unsaturated/α-hetero) is 2. The highest BCUT2D eigenvalue weighted by Gasteiger charge is 2.48. The number of ether oxygens (including phenoxy) is 2. The molecule has 7 heteroatoms. The molecular formula is C34H39FINO4. The normalized spacial score (nSPS) is 20.2. The highest BCUT2D eigenvalue weighted by molar-refractivity contribution is 14.1. The van der Waals surface area contributed by atoms with Gasteiger partial charge >= 0.3 is 0 Å². The number of allylic oxidation sites excluding steroid dienone is 4. The van der Waals surface area contributed by atoms with Gasteiger partial charge in [-0.25, -0.2) is 4.39 Å². The molecular weight excluding hydrogens is 632 g/mol. The molecule has 5 rings (SSSR count). The zero-order valence-electron chi connectivity index (χ0n) is 24.8. The summed E-state index contributed by atoms with van der Waals surface area (Å²) in [5.41, 5.74) is 4.90. The van der Waals surface area contributed by atoms with Crippen molar-refractivity contribution in [3.8, 4) is 11.5 Å². The molecule has 0 N–H and O–H groups in total. The van der Waals surface area contributed by atoms with Crippen LogP contribution in [0.25, 0.3) is 0 Å². The number of rotatable bonds is 7. The first-order valence-electron chi connectivity index (χ1n) is 14.5. The van der Waals surface area contributed by atoms with Crippen molar-refractivity contribution >= 4 is 34.2 Å². The minimum Gasteiger partial charge on any atom is -0.490 e. The van der Waals surface area contributed by atoms with E-state index in [0.717, 1.165) is 50.1 Å². The van der Waals surface area contributed by atoms with Crippen LogP contribution in [0.3, 0.4) is 0 Å². The Morgan fingerprint density at radius 2 is 1.51 bits per heavy atom. The van der Waals surface area contributed by atoms with Gasteiger partial charge in [-0.15, -0.1) is 0 Å². The van der Waals surface area contributed by atoms with Crippen molar-refractivity contribution in [1.29, 1.82) is 0 Å². The van der Waals surface area contributed by atoms with Crippen LogP contribution in [-0.4, -0.2) is 29.6 Å². The first-order valence-corrected chi connectivity index (χ1v) is 15.6. The quantitative estimate of drug-likeness (QED) is 0.279. The van der Waals surface area contributed by atoms with Gasteiger partial charge in [0, 0.05) is 47.8 Å². The van der Waals surface area contributed by atoms with E-state index in [2.05, 4.69) is 62.1 Å². The third-order valence-electron chi connectivity index (χ3n) is 8.28. The number of carbonyl (C=O) groups excluding carboxylic acids is 2. The molecule has 0 unspecified atom stereocenters. The van der Waals surface area contributed by atoms with Crippen molar-refractivity contribution in [1.82, 2.24) is 4.90 Å². The molecule has 0 fully saturated rings. The molecule has 1 aliphatic heterocycles. The summed E-state index contributed by atoms with van der Waals surface area (Å²) in [6.07, 6.45) is 2.47. The van der Waals surface area contributed by atoms with E-state index in [9.17, 15) is 14.0 Å². The minimum absolute atomic E-state index is 0.114. The van der Waals surface area contributed by atoms with E-state index in [0.29, 0.717) is 37.5 Å². The Labute approximate surface area is 256 Å². The van der Waals surface area contributed by atoms with Crippen molar-refractivity contribution < 1.29 is 23.5 Å². The maximum atomic E-state index is 13.9. The van der Waals surface area contributed by atoms with Gasteiger partial charge in [0.1, 0.15) is 12.4 Å². The Kier molecular flexibility index (Phi) is 8.14. The largest absolute Gasteiger partial charge is 0.490 e. The maximum Gasteiger partial charge on any atom is 0.174 e. The molecule has 0 bridgehead atoms. The average Bonchev–Trinajstić information content (AvgIpc) is 2.86. The molecule has 1 heterocycles. The molecule has 0 saturated carbocycles. The summed E-state index contributed by atoms with van der Waals surface area (Å²) >= 11 is 2.23. The zero-order valence-corrected chi connectivity index (χ0v) is 27.0. The van der Waals surface area contributed by atoms with Gasteiger partial charge in [0.2, 0.25) is 0 Å². The van der Waals surface area contributed by atoms with Gasteiger partial charge < -0.3 is 14.4 Å². The summed E-state index contributed by atoms with van der Waals surface area (Å²) in [6, 6.07) is 10.3. The second-order valence-electron chi connectivity index (χ2n) is 13.0. The maximum absolute atomic E-state index is 13.9. The standard InChI is InChI=1S/C34H39FINO4/c1-7-37-24-15-33(3,4)17-26(38)30(24)29(31-25(37)16-34(5,6)18-27(31)39)21-13-23(36)32(28(14-21)40-8-2)41-19-20-10-9-11-22(35)12-20/h9-14,29H,7-8,15-19H2,1-6H3. The van der Waals surface area contributed by atoms with Gasteiger partial charge in [0.15, 0.2) is 23.1 Å². The lowest BCUT2D eigenvalue weighted by Gasteiger charge is -2.49. The third kappa shape index (κ3) is 5.84. The summed E-state index contributed by atoms with van der Waals surface area (Å²) in [7, 11) is 0. The van der Waals surface area contributed by atoms with E-state index in [1.54, 1.807) is 6.07 Å². The van der Waals surface area contributed by atoms with E-state index in [-0.39, 0.29) is 34.8 Å². The first-order chi connectivity index (χ1) is 19.3. The molecule has 0 spiro atoms. The molecule has 5 nitrogen and oxygen atoms in total.